The Kier molecular flexibility index (Phi) is 6.59. The van der Waals surface area contributed by atoms with Crippen LogP contribution in [0.5, 0.6) is 5.75 Å². The van der Waals surface area contributed by atoms with E-state index in [1.807, 2.05) is 6.92 Å². The third-order valence-electron chi connectivity index (χ3n) is 3.95. The summed E-state index contributed by atoms with van der Waals surface area (Å²) in [5.41, 5.74) is 0.310. The monoisotopic (exact) mass is 355 g/mol. The van der Waals surface area contributed by atoms with E-state index in [0.717, 1.165) is 19.4 Å². The molecule has 1 heterocycles. The summed E-state index contributed by atoms with van der Waals surface area (Å²) in [6.45, 7) is 4.97. The zero-order valence-corrected chi connectivity index (χ0v) is 15.0. The molecule has 24 heavy (non-hydrogen) atoms. The number of rotatable bonds is 8. The van der Waals surface area contributed by atoms with Crippen molar-refractivity contribution in [3.63, 3.8) is 0 Å². The topological polar surface area (TPSA) is 87.7 Å². The van der Waals surface area contributed by atoms with Crippen molar-refractivity contribution in [2.24, 2.45) is 0 Å². The molecule has 8 heteroatoms. The first kappa shape index (κ1) is 18.7. The summed E-state index contributed by atoms with van der Waals surface area (Å²) in [7, 11) is -2.23. The highest BCUT2D eigenvalue weighted by Gasteiger charge is 2.30. The predicted octanol–water partition coefficient (Wildman–Crippen LogP) is 0.819. The third kappa shape index (κ3) is 4.25. The second-order valence-electron chi connectivity index (χ2n) is 5.59. The SMILES string of the molecule is CCNCCNC(=O)c1ccc(OC)c(S(=O)(=O)N2CCCC2)c1. The summed E-state index contributed by atoms with van der Waals surface area (Å²) in [4.78, 5) is 12.3. The van der Waals surface area contributed by atoms with Gasteiger partial charge in [0.25, 0.3) is 5.91 Å². The van der Waals surface area contributed by atoms with Crippen molar-refractivity contribution in [2.45, 2.75) is 24.7 Å². The van der Waals surface area contributed by atoms with Gasteiger partial charge in [-0.25, -0.2) is 8.42 Å². The van der Waals surface area contributed by atoms with Gasteiger partial charge >= 0.3 is 0 Å². The number of hydrogen-bond donors (Lipinski definition) is 2. The average Bonchev–Trinajstić information content (AvgIpc) is 3.13. The van der Waals surface area contributed by atoms with Crippen molar-refractivity contribution in [1.82, 2.24) is 14.9 Å². The zero-order chi connectivity index (χ0) is 17.6. The van der Waals surface area contributed by atoms with Crippen molar-refractivity contribution >= 4 is 15.9 Å². The maximum absolute atomic E-state index is 12.8. The van der Waals surface area contributed by atoms with Crippen LogP contribution in [-0.2, 0) is 10.0 Å². The lowest BCUT2D eigenvalue weighted by Gasteiger charge is -2.18. The minimum atomic E-state index is -3.65. The van der Waals surface area contributed by atoms with E-state index < -0.39 is 10.0 Å². The van der Waals surface area contributed by atoms with Gasteiger partial charge in [0.15, 0.2) is 0 Å². The van der Waals surface area contributed by atoms with Crippen LogP contribution in [0.1, 0.15) is 30.1 Å². The number of nitrogens with one attached hydrogen (secondary N) is 2. The average molecular weight is 355 g/mol. The van der Waals surface area contributed by atoms with Gasteiger partial charge in [-0.15, -0.1) is 0 Å². The summed E-state index contributed by atoms with van der Waals surface area (Å²) in [6, 6.07) is 4.50. The number of sulfonamides is 1. The molecule has 1 aromatic rings. The zero-order valence-electron chi connectivity index (χ0n) is 14.2. The molecule has 0 bridgehead atoms. The molecule has 1 amide bonds. The van der Waals surface area contributed by atoms with Gasteiger partial charge in [-0.1, -0.05) is 6.92 Å². The second kappa shape index (κ2) is 8.46. The number of carbonyl (C=O) groups excluding carboxylic acids is 1. The smallest absolute Gasteiger partial charge is 0.251 e. The number of carbonyl (C=O) groups is 1. The van der Waals surface area contributed by atoms with Crippen LogP contribution in [0, 0.1) is 0 Å². The molecule has 0 unspecified atom stereocenters. The Morgan fingerprint density at radius 3 is 2.58 bits per heavy atom. The molecule has 0 radical (unpaired) electrons. The maximum atomic E-state index is 12.8. The molecule has 1 aliphatic heterocycles. The van der Waals surface area contributed by atoms with E-state index in [0.29, 0.717) is 31.7 Å². The van der Waals surface area contributed by atoms with Gasteiger partial charge in [-0.05, 0) is 37.6 Å². The fourth-order valence-corrected chi connectivity index (χ4v) is 4.33. The van der Waals surface area contributed by atoms with Gasteiger partial charge in [-0.3, -0.25) is 4.79 Å². The predicted molar refractivity (Wildman–Crippen MR) is 91.9 cm³/mol. The molecule has 2 rings (SSSR count). The summed E-state index contributed by atoms with van der Waals surface area (Å²) in [5, 5.41) is 5.88. The standard InChI is InChI=1S/C16H25N3O4S/c1-3-17-8-9-18-16(20)13-6-7-14(23-2)15(12-13)24(21,22)19-10-4-5-11-19/h6-7,12,17H,3-5,8-11H2,1-2H3,(H,18,20). The van der Waals surface area contributed by atoms with Crippen molar-refractivity contribution in [3.8, 4) is 5.75 Å². The van der Waals surface area contributed by atoms with E-state index in [1.165, 1.54) is 23.5 Å². The van der Waals surface area contributed by atoms with E-state index in [1.54, 1.807) is 6.07 Å². The Balaban J connectivity index is 2.22. The summed E-state index contributed by atoms with van der Waals surface area (Å²) < 4.78 is 32.2. The molecule has 1 aromatic carbocycles. The number of methoxy groups -OCH3 is 1. The van der Waals surface area contributed by atoms with Crippen LogP contribution in [0.15, 0.2) is 23.1 Å². The summed E-state index contributed by atoms with van der Waals surface area (Å²) in [6.07, 6.45) is 1.71. The molecule has 0 spiro atoms. The van der Waals surface area contributed by atoms with E-state index in [2.05, 4.69) is 10.6 Å². The van der Waals surface area contributed by atoms with Gasteiger partial charge in [-0.2, -0.15) is 4.31 Å². The normalized spacial score (nSPS) is 15.4. The third-order valence-corrected chi connectivity index (χ3v) is 5.87. The summed E-state index contributed by atoms with van der Waals surface area (Å²) in [5.74, 6) is -0.0421. The molecule has 7 nitrogen and oxygen atoms in total. The van der Waals surface area contributed by atoms with Crippen LogP contribution in [-0.4, -0.2) is 58.5 Å². The molecule has 0 aromatic heterocycles. The molecular weight excluding hydrogens is 330 g/mol. The number of hydrogen-bond acceptors (Lipinski definition) is 5. The largest absolute Gasteiger partial charge is 0.495 e. The van der Waals surface area contributed by atoms with Crippen molar-refractivity contribution < 1.29 is 17.9 Å². The fourth-order valence-electron chi connectivity index (χ4n) is 2.63. The lowest BCUT2D eigenvalue weighted by atomic mass is 10.2. The van der Waals surface area contributed by atoms with Crippen LogP contribution in [0.2, 0.25) is 0 Å². The highest BCUT2D eigenvalue weighted by molar-refractivity contribution is 7.89. The molecule has 134 valence electrons. The number of amides is 1. The highest BCUT2D eigenvalue weighted by atomic mass is 32.2. The van der Waals surface area contributed by atoms with Gasteiger partial charge in [0, 0.05) is 31.7 Å². The van der Waals surface area contributed by atoms with Crippen LogP contribution >= 0.6 is 0 Å². The van der Waals surface area contributed by atoms with Crippen LogP contribution in [0.4, 0.5) is 0 Å². The van der Waals surface area contributed by atoms with E-state index >= 15 is 0 Å². The number of benzene rings is 1. The second-order valence-corrected chi connectivity index (χ2v) is 7.49. The van der Waals surface area contributed by atoms with E-state index in [4.69, 9.17) is 4.74 Å². The van der Waals surface area contributed by atoms with Crippen LogP contribution in [0.3, 0.4) is 0 Å². The Bertz CT molecular complexity index is 670. The molecule has 0 aliphatic carbocycles. The molecule has 1 fully saturated rings. The molecule has 1 saturated heterocycles. The quantitative estimate of drug-likeness (QED) is 0.674. The first-order valence-electron chi connectivity index (χ1n) is 8.17. The van der Waals surface area contributed by atoms with Crippen LogP contribution in [0.25, 0.3) is 0 Å². The summed E-state index contributed by atoms with van der Waals surface area (Å²) >= 11 is 0. The fraction of sp³-hybridized carbons (Fsp3) is 0.562. The number of ether oxygens (including phenoxy) is 1. The van der Waals surface area contributed by atoms with Gasteiger partial charge < -0.3 is 15.4 Å². The van der Waals surface area contributed by atoms with Crippen molar-refractivity contribution in [1.29, 1.82) is 0 Å². The van der Waals surface area contributed by atoms with Gasteiger partial charge in [0.05, 0.1) is 7.11 Å². The molecular formula is C16H25N3O4S. The highest BCUT2D eigenvalue weighted by Crippen LogP contribution is 2.29. The molecule has 1 aliphatic rings. The van der Waals surface area contributed by atoms with Gasteiger partial charge in [0.1, 0.15) is 10.6 Å². The Hall–Kier alpha value is -1.64. The van der Waals surface area contributed by atoms with E-state index in [-0.39, 0.29) is 16.6 Å². The molecule has 0 saturated carbocycles. The lowest BCUT2D eigenvalue weighted by molar-refractivity contribution is 0.0953. The van der Waals surface area contributed by atoms with E-state index in [9.17, 15) is 13.2 Å². The Morgan fingerprint density at radius 2 is 1.96 bits per heavy atom. The van der Waals surface area contributed by atoms with Crippen molar-refractivity contribution in [3.05, 3.63) is 23.8 Å². The minimum Gasteiger partial charge on any atom is -0.495 e. The Labute approximate surface area is 143 Å². The number of likely N-dealkylation sites (N-methyl/N-ethyl adjacent to an activating group) is 1. The lowest BCUT2D eigenvalue weighted by Crippen LogP contribution is -2.32. The first-order valence-corrected chi connectivity index (χ1v) is 9.61. The van der Waals surface area contributed by atoms with Crippen molar-refractivity contribution in [2.75, 3.05) is 39.8 Å². The molecule has 2 N–H and O–H groups in total. The van der Waals surface area contributed by atoms with Crippen LogP contribution < -0.4 is 15.4 Å². The minimum absolute atomic E-state index is 0.0474. The Morgan fingerprint density at radius 1 is 1.25 bits per heavy atom. The maximum Gasteiger partial charge on any atom is 0.251 e. The molecule has 0 atom stereocenters. The number of nitrogens with zero attached hydrogens (tertiary/aromatic N) is 1. The first-order chi connectivity index (χ1) is 11.5. The van der Waals surface area contributed by atoms with Gasteiger partial charge in [0.2, 0.25) is 10.0 Å².